The molecule has 1 saturated carbocycles. The topological polar surface area (TPSA) is 68.3 Å². The third kappa shape index (κ3) is 3.26. The van der Waals surface area contributed by atoms with Crippen molar-refractivity contribution in [2.75, 3.05) is 5.75 Å². The van der Waals surface area contributed by atoms with E-state index in [1.807, 2.05) is 17.8 Å². The van der Waals surface area contributed by atoms with Crippen LogP contribution >= 0.6 is 11.8 Å². The number of thioether (sulfide) groups is 1. The van der Waals surface area contributed by atoms with Crippen LogP contribution in [0.15, 0.2) is 16.7 Å². The summed E-state index contributed by atoms with van der Waals surface area (Å²) in [6, 6.07) is 1.84. The van der Waals surface area contributed by atoms with E-state index in [-0.39, 0.29) is 5.91 Å². The molecule has 0 atom stereocenters. The number of nitrogens with two attached hydrogens (primary N) is 1. The third-order valence-electron chi connectivity index (χ3n) is 3.17. The van der Waals surface area contributed by atoms with Gasteiger partial charge in [-0.2, -0.15) is 11.8 Å². The number of nitrogens with one attached hydrogen (secondary N) is 1. The zero-order chi connectivity index (χ0) is 12.1. The van der Waals surface area contributed by atoms with Crippen molar-refractivity contribution in [1.82, 2.24) is 5.43 Å². The van der Waals surface area contributed by atoms with Gasteiger partial charge in [0.1, 0.15) is 0 Å². The number of carbonyl (C=O) groups is 1. The number of hydrogen-bond donors (Lipinski definition) is 2. The first-order chi connectivity index (χ1) is 8.31. The number of nitrogen functional groups attached to an aromatic ring is 1. The minimum atomic E-state index is -0.355. The first kappa shape index (κ1) is 12.5. The van der Waals surface area contributed by atoms with Crippen LogP contribution in [0.1, 0.15) is 41.8 Å². The molecule has 0 bridgehead atoms. The van der Waals surface area contributed by atoms with Crippen LogP contribution in [0.4, 0.5) is 0 Å². The van der Waals surface area contributed by atoms with Crippen molar-refractivity contribution in [2.24, 2.45) is 11.8 Å². The lowest BCUT2D eigenvalue weighted by molar-refractivity contribution is 0.0925. The van der Waals surface area contributed by atoms with Gasteiger partial charge in [-0.1, -0.05) is 12.8 Å². The fourth-order valence-electron chi connectivity index (χ4n) is 2.23. The standard InChI is InChI=1S/C12H18N2O2S/c13-14-12(15)11-10(5-6-16-11)8-17-7-9-3-1-2-4-9/h5-6,9H,1-4,7-8,13H2,(H,14,15). The van der Waals surface area contributed by atoms with Crippen molar-refractivity contribution in [3.63, 3.8) is 0 Å². The Balaban J connectivity index is 1.82. The number of hydrogen-bond acceptors (Lipinski definition) is 4. The molecule has 0 aromatic carbocycles. The van der Waals surface area contributed by atoms with Crippen molar-refractivity contribution in [2.45, 2.75) is 31.4 Å². The van der Waals surface area contributed by atoms with E-state index < -0.39 is 0 Å². The van der Waals surface area contributed by atoms with Crippen molar-refractivity contribution in [1.29, 1.82) is 0 Å². The smallest absolute Gasteiger partial charge is 0.301 e. The second-order valence-corrected chi connectivity index (χ2v) is 5.44. The first-order valence-corrected chi connectivity index (χ1v) is 7.11. The molecule has 5 heteroatoms. The number of furan rings is 1. The molecule has 0 aliphatic heterocycles. The third-order valence-corrected chi connectivity index (χ3v) is 4.39. The van der Waals surface area contributed by atoms with E-state index in [0.717, 1.165) is 17.2 Å². The average molecular weight is 254 g/mol. The van der Waals surface area contributed by atoms with E-state index in [4.69, 9.17) is 10.3 Å². The van der Waals surface area contributed by atoms with Crippen LogP contribution in [0, 0.1) is 5.92 Å². The summed E-state index contributed by atoms with van der Waals surface area (Å²) in [6.45, 7) is 0. The Morgan fingerprint density at radius 3 is 3.00 bits per heavy atom. The largest absolute Gasteiger partial charge is 0.459 e. The SMILES string of the molecule is NNC(=O)c1occc1CSCC1CCCC1. The molecule has 1 aliphatic carbocycles. The Morgan fingerprint density at radius 2 is 2.29 bits per heavy atom. The normalized spacial score (nSPS) is 16.3. The van der Waals surface area contributed by atoms with Crippen molar-refractivity contribution >= 4 is 17.7 Å². The summed E-state index contributed by atoms with van der Waals surface area (Å²) < 4.78 is 5.13. The van der Waals surface area contributed by atoms with Gasteiger partial charge in [-0.15, -0.1) is 0 Å². The maximum atomic E-state index is 11.4. The summed E-state index contributed by atoms with van der Waals surface area (Å²) in [5.41, 5.74) is 3.02. The Morgan fingerprint density at radius 1 is 1.53 bits per heavy atom. The van der Waals surface area contributed by atoms with E-state index in [1.165, 1.54) is 37.7 Å². The van der Waals surface area contributed by atoms with Crippen LogP contribution in [0.2, 0.25) is 0 Å². The minimum Gasteiger partial charge on any atom is -0.459 e. The highest BCUT2D eigenvalue weighted by Crippen LogP contribution is 2.29. The Kier molecular flexibility index (Phi) is 4.50. The van der Waals surface area contributed by atoms with Crippen LogP contribution in [0.25, 0.3) is 0 Å². The molecule has 1 aromatic heterocycles. The molecule has 2 rings (SSSR count). The molecular formula is C12H18N2O2S. The lowest BCUT2D eigenvalue weighted by atomic mass is 10.1. The van der Waals surface area contributed by atoms with E-state index in [9.17, 15) is 4.79 Å². The minimum absolute atomic E-state index is 0.339. The lowest BCUT2D eigenvalue weighted by Crippen LogP contribution is -2.30. The van der Waals surface area contributed by atoms with Crippen molar-refractivity contribution in [3.8, 4) is 0 Å². The van der Waals surface area contributed by atoms with Gasteiger partial charge in [0.2, 0.25) is 0 Å². The number of carbonyl (C=O) groups excluding carboxylic acids is 1. The van der Waals surface area contributed by atoms with Crippen molar-refractivity contribution < 1.29 is 9.21 Å². The molecule has 3 N–H and O–H groups in total. The van der Waals surface area contributed by atoms with Gasteiger partial charge in [-0.3, -0.25) is 10.2 Å². The van der Waals surface area contributed by atoms with Gasteiger partial charge < -0.3 is 4.42 Å². The van der Waals surface area contributed by atoms with E-state index >= 15 is 0 Å². The van der Waals surface area contributed by atoms with Crippen LogP contribution in [0.3, 0.4) is 0 Å². The Hall–Kier alpha value is -0.940. The highest BCUT2D eigenvalue weighted by molar-refractivity contribution is 7.98. The van der Waals surface area contributed by atoms with E-state index in [2.05, 4.69) is 5.43 Å². The second kappa shape index (κ2) is 6.12. The van der Waals surface area contributed by atoms with Crippen LogP contribution in [-0.2, 0) is 5.75 Å². The molecule has 17 heavy (non-hydrogen) atoms. The molecule has 1 heterocycles. The zero-order valence-corrected chi connectivity index (χ0v) is 10.6. The highest BCUT2D eigenvalue weighted by atomic mass is 32.2. The number of rotatable bonds is 5. The summed E-state index contributed by atoms with van der Waals surface area (Å²) >= 11 is 1.87. The fourth-order valence-corrected chi connectivity index (χ4v) is 3.46. The Labute approximate surface area is 105 Å². The van der Waals surface area contributed by atoms with E-state index in [0.29, 0.717) is 5.76 Å². The first-order valence-electron chi connectivity index (χ1n) is 5.96. The van der Waals surface area contributed by atoms with Crippen LogP contribution in [-0.4, -0.2) is 11.7 Å². The lowest BCUT2D eigenvalue weighted by Gasteiger charge is -2.07. The summed E-state index contributed by atoms with van der Waals surface area (Å²) in [6.07, 6.45) is 6.99. The maximum Gasteiger partial charge on any atom is 0.301 e. The van der Waals surface area contributed by atoms with Gasteiger partial charge in [-0.05, 0) is 30.6 Å². The van der Waals surface area contributed by atoms with Crippen LogP contribution < -0.4 is 11.3 Å². The van der Waals surface area contributed by atoms with E-state index in [1.54, 1.807) is 0 Å². The monoisotopic (exact) mass is 254 g/mol. The van der Waals surface area contributed by atoms with Gasteiger partial charge in [-0.25, -0.2) is 5.84 Å². The molecule has 1 amide bonds. The fraction of sp³-hybridized carbons (Fsp3) is 0.583. The second-order valence-electron chi connectivity index (χ2n) is 4.41. The van der Waals surface area contributed by atoms with Gasteiger partial charge >= 0.3 is 5.91 Å². The molecule has 0 saturated heterocycles. The number of amides is 1. The predicted molar refractivity (Wildman–Crippen MR) is 68.5 cm³/mol. The molecule has 1 aliphatic rings. The predicted octanol–water partition coefficient (Wildman–Crippen LogP) is 2.31. The summed E-state index contributed by atoms with van der Waals surface area (Å²) in [4.78, 5) is 11.4. The van der Waals surface area contributed by atoms with Crippen molar-refractivity contribution in [3.05, 3.63) is 23.7 Å². The molecule has 94 valence electrons. The molecular weight excluding hydrogens is 236 g/mol. The molecule has 1 aromatic rings. The zero-order valence-electron chi connectivity index (χ0n) is 9.78. The highest BCUT2D eigenvalue weighted by Gasteiger charge is 2.17. The van der Waals surface area contributed by atoms with Gasteiger partial charge in [0.15, 0.2) is 5.76 Å². The molecule has 0 radical (unpaired) electrons. The van der Waals surface area contributed by atoms with Gasteiger partial charge in [0.05, 0.1) is 6.26 Å². The molecule has 0 spiro atoms. The quantitative estimate of drug-likeness (QED) is 0.480. The molecule has 4 nitrogen and oxygen atoms in total. The Bertz CT molecular complexity index is 372. The average Bonchev–Trinajstić information content (AvgIpc) is 2.99. The van der Waals surface area contributed by atoms with Gasteiger partial charge in [0, 0.05) is 11.3 Å². The number of hydrazine groups is 1. The maximum absolute atomic E-state index is 11.4. The van der Waals surface area contributed by atoms with Crippen LogP contribution in [0.5, 0.6) is 0 Å². The molecule has 0 unspecified atom stereocenters. The summed E-state index contributed by atoms with van der Waals surface area (Å²) in [7, 11) is 0. The summed E-state index contributed by atoms with van der Waals surface area (Å²) in [5.74, 6) is 7.93. The van der Waals surface area contributed by atoms with Gasteiger partial charge in [0.25, 0.3) is 0 Å². The molecule has 1 fully saturated rings. The summed E-state index contributed by atoms with van der Waals surface area (Å²) in [5, 5.41) is 0.